The highest BCUT2D eigenvalue weighted by atomic mass is 32.2. The van der Waals surface area contributed by atoms with Gasteiger partial charge in [0.15, 0.2) is 0 Å². The number of hydroxylamine groups is 2. The number of primary amides is 1. The second-order valence-electron chi connectivity index (χ2n) is 6.21. The predicted molar refractivity (Wildman–Crippen MR) is 103 cm³/mol. The molecule has 0 fully saturated rings. The summed E-state index contributed by atoms with van der Waals surface area (Å²) in [6, 6.07) is 12.2. The van der Waals surface area contributed by atoms with Gasteiger partial charge in [0.1, 0.15) is 5.82 Å². The van der Waals surface area contributed by atoms with E-state index in [1.165, 1.54) is 30.5 Å². The van der Waals surface area contributed by atoms with E-state index in [9.17, 15) is 22.8 Å². The quantitative estimate of drug-likeness (QED) is 0.433. The average Bonchev–Trinajstić information content (AvgIpc) is 2.68. The zero-order chi connectivity index (χ0) is 21.2. The van der Waals surface area contributed by atoms with Gasteiger partial charge >= 0.3 is 6.03 Å². The zero-order valence-corrected chi connectivity index (χ0v) is 15.8. The molecular formula is C19H17FN4O4S. The van der Waals surface area contributed by atoms with Crippen LogP contribution in [0.25, 0.3) is 22.4 Å². The van der Waals surface area contributed by atoms with Gasteiger partial charge in [0.05, 0.1) is 17.1 Å². The number of hydrogen-bond donors (Lipinski definition) is 3. The lowest BCUT2D eigenvalue weighted by Gasteiger charge is -2.15. The number of carbonyl (C=O) groups is 1. The van der Waals surface area contributed by atoms with E-state index in [0.717, 1.165) is 0 Å². The third-order valence-corrected chi connectivity index (χ3v) is 5.07. The average molecular weight is 416 g/mol. The number of rotatable bonds is 5. The van der Waals surface area contributed by atoms with Crippen molar-refractivity contribution in [2.24, 2.45) is 10.9 Å². The van der Waals surface area contributed by atoms with Crippen LogP contribution in [0.3, 0.4) is 0 Å². The zero-order valence-electron chi connectivity index (χ0n) is 15.0. The number of urea groups is 1. The van der Waals surface area contributed by atoms with Crippen LogP contribution >= 0.6 is 0 Å². The highest BCUT2D eigenvalue weighted by molar-refractivity contribution is 7.89. The van der Waals surface area contributed by atoms with Gasteiger partial charge in [-0.3, -0.25) is 10.2 Å². The largest absolute Gasteiger partial charge is 0.350 e. The molecule has 0 bridgehead atoms. The molecule has 5 N–H and O–H groups in total. The minimum Gasteiger partial charge on any atom is -0.350 e. The summed E-state index contributed by atoms with van der Waals surface area (Å²) in [5.41, 5.74) is 7.82. The molecule has 0 atom stereocenters. The van der Waals surface area contributed by atoms with Gasteiger partial charge in [0.2, 0.25) is 10.0 Å². The fourth-order valence-electron chi connectivity index (χ4n) is 2.73. The summed E-state index contributed by atoms with van der Waals surface area (Å²) in [4.78, 5) is 15.4. The Kier molecular flexibility index (Phi) is 5.59. The van der Waals surface area contributed by atoms with Crippen molar-refractivity contribution in [3.8, 4) is 22.4 Å². The number of amides is 2. The highest BCUT2D eigenvalue weighted by Gasteiger charge is 2.15. The number of carbonyl (C=O) groups excluding carboxylic acids is 1. The maximum Gasteiger partial charge on any atom is 0.338 e. The summed E-state index contributed by atoms with van der Waals surface area (Å²) < 4.78 is 36.3. The van der Waals surface area contributed by atoms with Crippen molar-refractivity contribution in [1.29, 1.82) is 0 Å². The molecule has 0 unspecified atom stereocenters. The summed E-state index contributed by atoms with van der Waals surface area (Å²) >= 11 is 0. The van der Waals surface area contributed by atoms with Crippen LogP contribution in [0.1, 0.15) is 5.56 Å². The number of benzene rings is 2. The lowest BCUT2D eigenvalue weighted by molar-refractivity contribution is -0.0471. The van der Waals surface area contributed by atoms with Crippen LogP contribution in [0.5, 0.6) is 0 Å². The van der Waals surface area contributed by atoms with Crippen LogP contribution in [0, 0.1) is 5.82 Å². The molecule has 29 heavy (non-hydrogen) atoms. The molecule has 10 heteroatoms. The normalized spacial score (nSPS) is 11.3. The molecule has 0 aliphatic heterocycles. The number of nitrogens with two attached hydrogens (primary N) is 2. The van der Waals surface area contributed by atoms with Crippen LogP contribution < -0.4 is 10.9 Å². The fourth-order valence-corrected chi connectivity index (χ4v) is 3.24. The van der Waals surface area contributed by atoms with E-state index < -0.39 is 21.9 Å². The Morgan fingerprint density at radius 3 is 2.21 bits per heavy atom. The lowest BCUT2D eigenvalue weighted by atomic mass is 9.98. The minimum absolute atomic E-state index is 0.0519. The Balaban J connectivity index is 2.11. The Hall–Kier alpha value is -3.34. The third-order valence-electron chi connectivity index (χ3n) is 4.14. The predicted octanol–water partition coefficient (Wildman–Crippen LogP) is 2.47. The number of aromatic nitrogens is 1. The molecule has 2 amide bonds. The van der Waals surface area contributed by atoms with Crippen molar-refractivity contribution in [2.45, 2.75) is 11.4 Å². The van der Waals surface area contributed by atoms with E-state index in [4.69, 9.17) is 10.9 Å². The van der Waals surface area contributed by atoms with Gasteiger partial charge in [-0.1, -0.05) is 12.1 Å². The Bertz CT molecular complexity index is 1150. The number of pyridine rings is 1. The highest BCUT2D eigenvalue weighted by Crippen LogP contribution is 2.32. The van der Waals surface area contributed by atoms with Gasteiger partial charge in [-0.25, -0.2) is 27.8 Å². The molecule has 0 saturated carbocycles. The molecule has 0 radical (unpaired) electrons. The molecule has 0 spiro atoms. The first-order valence-electron chi connectivity index (χ1n) is 8.29. The maximum atomic E-state index is 13.3. The fraction of sp³-hybridized carbons (Fsp3) is 0.0526. The Morgan fingerprint density at radius 1 is 1.07 bits per heavy atom. The number of hydrogen-bond acceptors (Lipinski definition) is 5. The Labute approximate surface area is 166 Å². The first-order valence-corrected chi connectivity index (χ1v) is 9.84. The molecule has 2 aromatic carbocycles. The summed E-state index contributed by atoms with van der Waals surface area (Å²) in [5.74, 6) is -0.401. The first kappa shape index (κ1) is 20.4. The number of sulfonamides is 1. The van der Waals surface area contributed by atoms with E-state index in [-0.39, 0.29) is 11.4 Å². The summed E-state index contributed by atoms with van der Waals surface area (Å²) in [6.07, 6.45) is 1.45. The van der Waals surface area contributed by atoms with Gasteiger partial charge in [0, 0.05) is 17.3 Å². The SMILES string of the molecule is NC(=O)N(O)Cc1cnc(-c2ccc(F)cc2)c(-c2ccc(S(N)(=O)=O)cc2)c1. The molecule has 3 rings (SSSR count). The summed E-state index contributed by atoms with van der Waals surface area (Å²) in [5, 5.41) is 15.1. The van der Waals surface area contributed by atoms with Crippen molar-refractivity contribution in [3.05, 3.63) is 72.2 Å². The van der Waals surface area contributed by atoms with E-state index in [1.54, 1.807) is 30.3 Å². The van der Waals surface area contributed by atoms with Crippen molar-refractivity contribution >= 4 is 16.1 Å². The monoisotopic (exact) mass is 416 g/mol. The van der Waals surface area contributed by atoms with Gasteiger partial charge in [-0.05, 0) is 53.6 Å². The second kappa shape index (κ2) is 7.95. The van der Waals surface area contributed by atoms with Crippen LogP contribution in [0.2, 0.25) is 0 Å². The molecule has 0 saturated heterocycles. The standard InChI is InChI=1S/C19H17FN4O4S/c20-15-5-1-14(2-6-15)18-17(9-12(10-23-18)11-24(26)19(21)25)13-3-7-16(8-4-13)29(22,27)28/h1-10,26H,11H2,(H2,21,25)(H2,22,27,28). The topological polar surface area (TPSA) is 140 Å². The summed E-state index contributed by atoms with van der Waals surface area (Å²) in [6.45, 7) is -0.200. The molecule has 8 nitrogen and oxygen atoms in total. The molecule has 0 aliphatic rings. The van der Waals surface area contributed by atoms with E-state index in [1.807, 2.05) is 0 Å². The van der Waals surface area contributed by atoms with Gasteiger partial charge in [0.25, 0.3) is 0 Å². The van der Waals surface area contributed by atoms with Crippen LogP contribution in [-0.2, 0) is 16.6 Å². The van der Waals surface area contributed by atoms with E-state index in [2.05, 4.69) is 4.98 Å². The third kappa shape index (κ3) is 4.74. The Morgan fingerprint density at radius 2 is 1.66 bits per heavy atom. The summed E-state index contributed by atoms with van der Waals surface area (Å²) in [7, 11) is -3.85. The number of halogens is 1. The van der Waals surface area contributed by atoms with Crippen molar-refractivity contribution in [1.82, 2.24) is 10.0 Å². The smallest absolute Gasteiger partial charge is 0.338 e. The molecule has 1 aromatic heterocycles. The number of nitrogens with zero attached hydrogens (tertiary/aromatic N) is 2. The first-order chi connectivity index (χ1) is 13.6. The van der Waals surface area contributed by atoms with Crippen LogP contribution in [0.4, 0.5) is 9.18 Å². The molecular weight excluding hydrogens is 399 g/mol. The number of primary sulfonamides is 1. The van der Waals surface area contributed by atoms with Crippen molar-refractivity contribution < 1.29 is 22.8 Å². The van der Waals surface area contributed by atoms with E-state index >= 15 is 0 Å². The van der Waals surface area contributed by atoms with Gasteiger partial charge < -0.3 is 5.73 Å². The molecule has 3 aromatic rings. The van der Waals surface area contributed by atoms with Gasteiger partial charge in [-0.15, -0.1) is 0 Å². The van der Waals surface area contributed by atoms with Crippen LogP contribution in [-0.4, -0.2) is 29.7 Å². The second-order valence-corrected chi connectivity index (χ2v) is 7.77. The van der Waals surface area contributed by atoms with Crippen molar-refractivity contribution in [2.75, 3.05) is 0 Å². The van der Waals surface area contributed by atoms with Crippen LogP contribution in [0.15, 0.2) is 65.7 Å². The maximum absolute atomic E-state index is 13.3. The van der Waals surface area contributed by atoms with Crippen molar-refractivity contribution in [3.63, 3.8) is 0 Å². The lowest BCUT2D eigenvalue weighted by Crippen LogP contribution is -2.32. The van der Waals surface area contributed by atoms with Gasteiger partial charge in [-0.2, -0.15) is 0 Å². The molecule has 150 valence electrons. The molecule has 0 aliphatic carbocycles. The minimum atomic E-state index is -3.85. The molecule has 1 heterocycles. The van der Waals surface area contributed by atoms with E-state index in [0.29, 0.717) is 33.0 Å².